The van der Waals surface area contributed by atoms with E-state index in [4.69, 9.17) is 0 Å². The van der Waals surface area contributed by atoms with Gasteiger partial charge in [-0.15, -0.1) is 0 Å². The van der Waals surface area contributed by atoms with E-state index in [1.807, 2.05) is 0 Å². The van der Waals surface area contributed by atoms with Crippen molar-refractivity contribution in [2.24, 2.45) is 0 Å². The van der Waals surface area contributed by atoms with Gasteiger partial charge in [-0.2, -0.15) is 0 Å². The van der Waals surface area contributed by atoms with Gasteiger partial charge in [0.1, 0.15) is 0 Å². The number of hydrogen-bond acceptors (Lipinski definition) is 0. The maximum atomic E-state index is 0. The van der Waals surface area contributed by atoms with Gasteiger partial charge in [-0.1, -0.05) is 0 Å². The second kappa shape index (κ2) is 217. The first-order valence-electron chi connectivity index (χ1n) is 0. The van der Waals surface area contributed by atoms with Crippen LogP contribution in [-0.4, -0.2) is 57.3 Å². The summed E-state index contributed by atoms with van der Waals surface area (Å²) in [6.07, 6.45) is 0. The molecule has 0 aromatic rings. The van der Waals surface area contributed by atoms with Crippen molar-refractivity contribution in [2.45, 2.75) is 0 Å². The van der Waals surface area contributed by atoms with Crippen molar-refractivity contribution in [3.63, 3.8) is 0 Å². The van der Waals surface area contributed by atoms with E-state index in [-0.39, 0.29) is 98.1 Å². The topological polar surface area (TPSA) is 189 Å². The minimum atomic E-state index is 0. The zero-order valence-corrected chi connectivity index (χ0v) is 12.2. The van der Waals surface area contributed by atoms with Crippen LogP contribution >= 0.6 is 0 Å². The van der Waals surface area contributed by atoms with E-state index in [9.17, 15) is 0 Å². The summed E-state index contributed by atoms with van der Waals surface area (Å²) in [6, 6.07) is 0. The maximum absolute atomic E-state index is 0. The molecule has 0 bridgehead atoms. The van der Waals surface area contributed by atoms with Gasteiger partial charge in [0.2, 0.25) is 0 Å². The Morgan fingerprint density at radius 1 is 0.333 bits per heavy atom. The fourth-order valence-electron chi connectivity index (χ4n) is 0. The molecule has 9 heavy (non-hydrogen) atoms. The molecule has 0 fully saturated rings. The van der Waals surface area contributed by atoms with Gasteiger partial charge >= 0.3 is 0 Å². The molecule has 0 atom stereocenters. The third-order valence-corrected chi connectivity index (χ3v) is 0. The predicted molar refractivity (Wildman–Crippen MR) is 27.4 cm³/mol. The molecule has 9 heteroatoms. The fourth-order valence-corrected chi connectivity index (χ4v) is 0. The zero-order valence-electron chi connectivity index (χ0n) is 4.20. The quantitative estimate of drug-likeness (QED) is 0.240. The van der Waals surface area contributed by atoms with Crippen LogP contribution in [0.1, 0.15) is 0 Å². The van der Waals surface area contributed by atoms with Crippen molar-refractivity contribution in [1.29, 1.82) is 0 Å². The van der Waals surface area contributed by atoms with E-state index >= 15 is 0 Å². The zero-order chi connectivity index (χ0) is 0. The molecule has 67 valence electrons. The molecule has 12 N–H and O–H groups in total. The van der Waals surface area contributed by atoms with Crippen molar-refractivity contribution in [2.75, 3.05) is 0 Å². The SMILES string of the molecule is O.O.O.O.O.O.[Re].[Re].[Sb]. The Morgan fingerprint density at radius 3 is 0.333 bits per heavy atom. The summed E-state index contributed by atoms with van der Waals surface area (Å²) in [6.45, 7) is 0. The summed E-state index contributed by atoms with van der Waals surface area (Å²) >= 11 is 0. The normalized spacial score (nSPS) is 0. The van der Waals surface area contributed by atoms with Crippen LogP contribution in [0.15, 0.2) is 0 Å². The van der Waals surface area contributed by atoms with Gasteiger partial charge in [-0.05, 0) is 0 Å². The Hall–Kier alpha value is 1.90. The smallest absolute Gasteiger partial charge is 0 e. The van der Waals surface area contributed by atoms with Gasteiger partial charge in [0.15, 0.2) is 0 Å². The Balaban J connectivity index is 0. The van der Waals surface area contributed by atoms with Gasteiger partial charge in [0.05, 0.1) is 0 Å². The molecule has 0 unspecified atom stereocenters. The van der Waals surface area contributed by atoms with Crippen molar-refractivity contribution in [1.82, 2.24) is 0 Å². The number of rotatable bonds is 0. The average Bonchev–Trinajstić information content (AvgIpc) is 0. The Kier molecular flexibility index (Phi) is 7110. The third-order valence-electron chi connectivity index (χ3n) is 0. The molecule has 0 spiro atoms. The van der Waals surface area contributed by atoms with E-state index in [1.165, 1.54) is 0 Å². The standard InChI is InChI=1S/6H2O.2Re.Sb/h6*1H2;;;. The monoisotopic (exact) mass is 603 g/mol. The van der Waals surface area contributed by atoms with Gasteiger partial charge in [-0.3, -0.25) is 0 Å². The largest absolute Gasteiger partial charge is 0.412 e. The molecule has 0 heterocycles. The van der Waals surface area contributed by atoms with Crippen molar-refractivity contribution >= 4 is 24.4 Å². The summed E-state index contributed by atoms with van der Waals surface area (Å²) in [5.41, 5.74) is 0. The molecule has 0 aliphatic heterocycles. The first-order chi connectivity index (χ1) is 0. The van der Waals surface area contributed by atoms with Gasteiger partial charge < -0.3 is 32.9 Å². The minimum Gasteiger partial charge on any atom is -0.412 e. The Morgan fingerprint density at radius 2 is 0.333 bits per heavy atom. The molecule has 0 aliphatic carbocycles. The average molecular weight is 602 g/mol. The number of hydrogen-bond donors (Lipinski definition) is 0. The van der Waals surface area contributed by atoms with Crippen molar-refractivity contribution in [3.8, 4) is 0 Å². The van der Waals surface area contributed by atoms with E-state index in [0.29, 0.717) is 0 Å². The van der Waals surface area contributed by atoms with Gasteiger partial charge in [0.25, 0.3) is 0 Å². The van der Waals surface area contributed by atoms with Gasteiger partial charge in [-0.25, -0.2) is 0 Å². The van der Waals surface area contributed by atoms with Crippen LogP contribution in [0.2, 0.25) is 0 Å². The van der Waals surface area contributed by atoms with Crippen molar-refractivity contribution < 1.29 is 73.7 Å². The van der Waals surface area contributed by atoms with E-state index in [1.54, 1.807) is 0 Å². The van der Waals surface area contributed by atoms with Crippen molar-refractivity contribution in [3.05, 3.63) is 0 Å². The summed E-state index contributed by atoms with van der Waals surface area (Å²) in [5.74, 6) is 0. The molecule has 0 aromatic carbocycles. The van der Waals surface area contributed by atoms with E-state index < -0.39 is 0 Å². The van der Waals surface area contributed by atoms with Crippen LogP contribution in [0.4, 0.5) is 0 Å². The minimum absolute atomic E-state index is 0. The molecular formula is H12O6Re2Sb. The van der Waals surface area contributed by atoms with Crippen LogP contribution < -0.4 is 0 Å². The molecular weight excluding hydrogens is 590 g/mol. The fraction of sp³-hybridized carbons (Fsp3) is 0. The first kappa shape index (κ1) is 295. The Bertz CT molecular complexity index is 11.0. The molecule has 6 nitrogen and oxygen atoms in total. The van der Waals surface area contributed by atoms with Crippen LogP contribution in [0.3, 0.4) is 0 Å². The summed E-state index contributed by atoms with van der Waals surface area (Å²) < 4.78 is 0. The van der Waals surface area contributed by atoms with Crippen LogP contribution in [-0.2, 0) is 40.8 Å². The molecule has 5 radical (unpaired) electrons. The van der Waals surface area contributed by atoms with Gasteiger partial charge in [0, 0.05) is 65.3 Å². The molecule has 0 aliphatic rings. The third kappa shape index (κ3) is 171. The molecule has 0 aromatic heterocycles. The second-order valence-corrected chi connectivity index (χ2v) is 0. The summed E-state index contributed by atoms with van der Waals surface area (Å²) in [7, 11) is 0. The van der Waals surface area contributed by atoms with Crippen LogP contribution in [0.5, 0.6) is 0 Å². The van der Waals surface area contributed by atoms with Crippen LogP contribution in [0, 0.1) is 0 Å². The predicted octanol–water partition coefficient (Wildman–Crippen LogP) is -5.33. The first-order valence-corrected chi connectivity index (χ1v) is 0. The van der Waals surface area contributed by atoms with E-state index in [2.05, 4.69) is 0 Å². The molecule has 0 amide bonds. The Labute approximate surface area is 97.4 Å². The molecule has 0 saturated heterocycles. The second-order valence-electron chi connectivity index (χ2n) is 0. The summed E-state index contributed by atoms with van der Waals surface area (Å²) in [4.78, 5) is 0. The maximum Gasteiger partial charge on any atom is 0 e. The van der Waals surface area contributed by atoms with E-state index in [0.717, 1.165) is 0 Å². The molecule has 0 saturated carbocycles. The molecule has 0 rings (SSSR count). The summed E-state index contributed by atoms with van der Waals surface area (Å²) in [5, 5.41) is 0. The van der Waals surface area contributed by atoms with Crippen LogP contribution in [0.25, 0.3) is 0 Å².